The predicted molar refractivity (Wildman–Crippen MR) is 111 cm³/mol. The van der Waals surface area contributed by atoms with Crippen LogP contribution in [-0.2, 0) is 19.2 Å². The molecule has 0 saturated carbocycles. The summed E-state index contributed by atoms with van der Waals surface area (Å²) < 4.78 is 0. The van der Waals surface area contributed by atoms with Gasteiger partial charge in [-0.05, 0) is 38.0 Å². The summed E-state index contributed by atoms with van der Waals surface area (Å²) in [5.74, 6) is -1.93. The molecule has 162 valence electrons. The van der Waals surface area contributed by atoms with Crippen LogP contribution in [0.25, 0.3) is 0 Å². The van der Waals surface area contributed by atoms with Gasteiger partial charge in [-0.3, -0.25) is 19.2 Å². The van der Waals surface area contributed by atoms with Gasteiger partial charge in [0.15, 0.2) is 5.78 Å². The molecule has 0 aromatic heterocycles. The second kappa shape index (κ2) is 10.0. The summed E-state index contributed by atoms with van der Waals surface area (Å²) in [6.07, 6.45) is 6.64. The van der Waals surface area contributed by atoms with Crippen LogP contribution in [0.15, 0.2) is 12.2 Å². The molecule has 0 aromatic rings. The minimum Gasteiger partial charge on any atom is -0.369 e. The molecule has 2 heterocycles. The van der Waals surface area contributed by atoms with Crippen LogP contribution < -0.4 is 11.1 Å². The van der Waals surface area contributed by atoms with Gasteiger partial charge in [0.1, 0.15) is 0 Å². The Bertz CT molecular complexity index is 673. The normalized spacial score (nSPS) is 33.2. The number of carbonyl (C=O) groups is 4. The van der Waals surface area contributed by atoms with Crippen molar-refractivity contribution < 1.29 is 19.2 Å². The lowest BCUT2D eigenvalue weighted by atomic mass is 9.85. The van der Waals surface area contributed by atoms with E-state index in [4.69, 9.17) is 5.73 Å². The van der Waals surface area contributed by atoms with Crippen LogP contribution in [0.4, 0.5) is 0 Å². The van der Waals surface area contributed by atoms with Gasteiger partial charge in [-0.1, -0.05) is 32.9 Å². The predicted octanol–water partition coefficient (Wildman–Crippen LogP) is 1.80. The van der Waals surface area contributed by atoms with Crippen molar-refractivity contribution in [2.24, 2.45) is 29.4 Å². The Morgan fingerprint density at radius 3 is 2.48 bits per heavy atom. The molecule has 1 saturated heterocycles. The summed E-state index contributed by atoms with van der Waals surface area (Å²) >= 11 is 0. The summed E-state index contributed by atoms with van der Waals surface area (Å²) in [5, 5.41) is 2.97. The summed E-state index contributed by atoms with van der Waals surface area (Å²) in [6.45, 7) is 5.86. The van der Waals surface area contributed by atoms with Crippen LogP contribution in [0.2, 0.25) is 0 Å². The first-order valence-electron chi connectivity index (χ1n) is 10.6. The van der Waals surface area contributed by atoms with Crippen LogP contribution in [-0.4, -0.2) is 47.5 Å². The standard InChI is InChI=1S/C22H35N3O4/c1-13(2)9-18-19(26)12-15(20(23)27)10-16-11-17(24-21(16)28)8-6-5-7-14(3)22(29)25(18)4/h5-6,13-18H,7-12H2,1-4H3,(H2,23,27)(H,24,28)/b6-5+/t14-,15+,16+,17+,18-/m0/s1. The number of primary amides is 1. The number of likely N-dealkylation sites (N-methyl/N-ethyl adjacent to an activating group) is 1. The van der Waals surface area contributed by atoms with E-state index in [0.29, 0.717) is 25.7 Å². The number of nitrogens with two attached hydrogens (primary N) is 1. The zero-order chi connectivity index (χ0) is 21.7. The molecule has 3 amide bonds. The number of nitrogens with one attached hydrogen (secondary N) is 1. The highest BCUT2D eigenvalue weighted by Gasteiger charge is 2.37. The SMILES string of the molecule is CC(C)C[C@H]1C(=O)C[C@H](C(N)=O)C[C@@H]2C[C@@H](C/C=C/C[C@H](C)C(=O)N1C)NC2=O. The molecule has 7 nitrogen and oxygen atoms in total. The summed E-state index contributed by atoms with van der Waals surface area (Å²) in [6, 6.07) is -0.577. The molecule has 5 atom stereocenters. The van der Waals surface area contributed by atoms with E-state index < -0.39 is 17.9 Å². The summed E-state index contributed by atoms with van der Waals surface area (Å²) in [5.41, 5.74) is 5.58. The van der Waals surface area contributed by atoms with Crippen molar-refractivity contribution in [3.8, 4) is 0 Å². The largest absolute Gasteiger partial charge is 0.369 e. The lowest BCUT2D eigenvalue weighted by molar-refractivity contribution is -0.142. The fourth-order valence-electron chi connectivity index (χ4n) is 4.32. The van der Waals surface area contributed by atoms with E-state index in [1.807, 2.05) is 32.9 Å². The number of allylic oxidation sites excluding steroid dienone is 1. The maximum atomic E-state index is 13.1. The maximum absolute atomic E-state index is 13.1. The van der Waals surface area contributed by atoms with Gasteiger partial charge in [0.25, 0.3) is 0 Å². The molecule has 1 fully saturated rings. The number of ketones is 1. The van der Waals surface area contributed by atoms with Crippen molar-refractivity contribution in [1.82, 2.24) is 10.2 Å². The van der Waals surface area contributed by atoms with Gasteiger partial charge in [0.2, 0.25) is 17.7 Å². The molecular weight excluding hydrogens is 370 g/mol. The second-order valence-corrected chi connectivity index (χ2v) is 9.08. The van der Waals surface area contributed by atoms with Crippen molar-refractivity contribution in [2.45, 2.75) is 71.4 Å². The van der Waals surface area contributed by atoms with E-state index in [2.05, 4.69) is 5.32 Å². The van der Waals surface area contributed by atoms with Gasteiger partial charge in [0.05, 0.1) is 6.04 Å². The molecule has 0 aromatic carbocycles. The minimum atomic E-state index is -0.701. The van der Waals surface area contributed by atoms with Crippen LogP contribution in [0.3, 0.4) is 0 Å². The first kappa shape index (κ1) is 23.1. The van der Waals surface area contributed by atoms with Gasteiger partial charge in [-0.2, -0.15) is 0 Å². The molecule has 2 bridgehead atoms. The number of carbonyl (C=O) groups excluding carboxylic acids is 4. The Kier molecular flexibility index (Phi) is 7.99. The van der Waals surface area contributed by atoms with Crippen molar-refractivity contribution in [2.75, 3.05) is 7.05 Å². The number of rotatable bonds is 3. The average molecular weight is 406 g/mol. The first-order chi connectivity index (χ1) is 13.6. The first-order valence-corrected chi connectivity index (χ1v) is 10.6. The van der Waals surface area contributed by atoms with Crippen molar-refractivity contribution in [3.63, 3.8) is 0 Å². The van der Waals surface area contributed by atoms with Crippen molar-refractivity contribution in [1.29, 1.82) is 0 Å². The average Bonchev–Trinajstić information content (AvgIpc) is 2.99. The molecule has 29 heavy (non-hydrogen) atoms. The Labute approximate surface area is 173 Å². The third kappa shape index (κ3) is 6.15. The van der Waals surface area contributed by atoms with E-state index >= 15 is 0 Å². The number of fused-ring (bicyclic) bond motifs is 2. The Hall–Kier alpha value is -2.18. The number of amides is 3. The fourth-order valence-corrected chi connectivity index (χ4v) is 4.32. The number of Topliss-reactive ketones (excluding diaryl/α,β-unsaturated/α-hetero) is 1. The summed E-state index contributed by atoms with van der Waals surface area (Å²) in [4.78, 5) is 52.0. The third-order valence-electron chi connectivity index (χ3n) is 6.09. The topological polar surface area (TPSA) is 110 Å². The highest BCUT2D eigenvalue weighted by Crippen LogP contribution is 2.28. The van der Waals surface area contributed by atoms with Gasteiger partial charge in [0, 0.05) is 37.3 Å². The lowest BCUT2D eigenvalue weighted by Gasteiger charge is -2.31. The summed E-state index contributed by atoms with van der Waals surface area (Å²) in [7, 11) is 1.67. The van der Waals surface area contributed by atoms with Crippen LogP contribution >= 0.6 is 0 Å². The van der Waals surface area contributed by atoms with Crippen LogP contribution in [0.5, 0.6) is 0 Å². The molecule has 0 aliphatic carbocycles. The fraction of sp³-hybridized carbons (Fsp3) is 0.727. The van der Waals surface area contributed by atoms with Gasteiger partial charge in [-0.25, -0.2) is 0 Å². The van der Waals surface area contributed by atoms with Gasteiger partial charge < -0.3 is 16.0 Å². The van der Waals surface area contributed by atoms with Gasteiger partial charge >= 0.3 is 0 Å². The van der Waals surface area contributed by atoms with E-state index in [1.54, 1.807) is 7.05 Å². The highest BCUT2D eigenvalue weighted by molar-refractivity contribution is 5.93. The zero-order valence-electron chi connectivity index (χ0n) is 18.0. The molecule has 2 aliphatic heterocycles. The number of hydrogen-bond donors (Lipinski definition) is 2. The molecule has 3 N–H and O–H groups in total. The lowest BCUT2D eigenvalue weighted by Crippen LogP contribution is -2.46. The molecule has 0 spiro atoms. The van der Waals surface area contributed by atoms with E-state index in [-0.39, 0.29) is 54.2 Å². The molecular formula is C22H35N3O4. The molecule has 0 radical (unpaired) electrons. The van der Waals surface area contributed by atoms with Crippen molar-refractivity contribution in [3.05, 3.63) is 12.2 Å². The maximum Gasteiger partial charge on any atom is 0.226 e. The van der Waals surface area contributed by atoms with Crippen LogP contribution in [0.1, 0.15) is 59.3 Å². The Balaban J connectivity index is 2.32. The molecule has 2 rings (SSSR count). The molecule has 2 aliphatic rings. The molecule has 7 heteroatoms. The van der Waals surface area contributed by atoms with Gasteiger partial charge in [-0.15, -0.1) is 0 Å². The van der Waals surface area contributed by atoms with Crippen LogP contribution in [0, 0.1) is 23.7 Å². The Morgan fingerprint density at radius 1 is 1.21 bits per heavy atom. The number of nitrogens with zero attached hydrogens (tertiary/aromatic N) is 1. The second-order valence-electron chi connectivity index (χ2n) is 9.08. The Morgan fingerprint density at radius 2 is 1.86 bits per heavy atom. The van der Waals surface area contributed by atoms with E-state index in [0.717, 1.165) is 0 Å². The third-order valence-corrected chi connectivity index (χ3v) is 6.09. The minimum absolute atomic E-state index is 0.0143. The molecule has 0 unspecified atom stereocenters. The smallest absolute Gasteiger partial charge is 0.226 e. The van der Waals surface area contributed by atoms with Crippen molar-refractivity contribution >= 4 is 23.5 Å². The van der Waals surface area contributed by atoms with E-state index in [1.165, 1.54) is 4.90 Å². The number of hydrogen-bond acceptors (Lipinski definition) is 4. The van der Waals surface area contributed by atoms with E-state index in [9.17, 15) is 19.2 Å². The highest BCUT2D eigenvalue weighted by atomic mass is 16.2. The zero-order valence-corrected chi connectivity index (χ0v) is 18.0. The monoisotopic (exact) mass is 405 g/mol. The quantitative estimate of drug-likeness (QED) is 0.698.